The van der Waals surface area contributed by atoms with Gasteiger partial charge in [-0.15, -0.1) is 0 Å². The summed E-state index contributed by atoms with van der Waals surface area (Å²) in [7, 11) is 1.69. The zero-order valence-electron chi connectivity index (χ0n) is 11.5. The zero-order valence-corrected chi connectivity index (χ0v) is 11.5. The third-order valence-electron chi connectivity index (χ3n) is 3.12. The van der Waals surface area contributed by atoms with Gasteiger partial charge < -0.3 is 20.1 Å². The van der Waals surface area contributed by atoms with Gasteiger partial charge in [0.1, 0.15) is 5.75 Å². The molecule has 1 atom stereocenters. The van der Waals surface area contributed by atoms with Crippen LogP contribution < -0.4 is 15.4 Å². The number of benzene rings is 1. The molecule has 0 bridgehead atoms. The van der Waals surface area contributed by atoms with Gasteiger partial charge in [-0.3, -0.25) is 4.79 Å². The van der Waals surface area contributed by atoms with Crippen molar-refractivity contribution in [3.63, 3.8) is 0 Å². The maximum atomic E-state index is 11.3. The molecule has 1 heterocycles. The van der Waals surface area contributed by atoms with Crippen LogP contribution in [-0.2, 0) is 9.53 Å². The minimum atomic E-state index is -0.123. The van der Waals surface area contributed by atoms with Gasteiger partial charge in [-0.1, -0.05) is 13.8 Å². The molecule has 5 heteroatoms. The summed E-state index contributed by atoms with van der Waals surface area (Å²) in [6, 6.07) is 5.92. The molecule has 104 valence electrons. The van der Waals surface area contributed by atoms with E-state index in [0.717, 1.165) is 5.69 Å². The molecule has 0 radical (unpaired) electrons. The number of anilines is 2. The molecule has 1 amide bonds. The van der Waals surface area contributed by atoms with Crippen molar-refractivity contribution in [3.05, 3.63) is 18.2 Å². The van der Waals surface area contributed by atoms with Gasteiger partial charge in [-0.2, -0.15) is 0 Å². The Labute approximate surface area is 113 Å². The van der Waals surface area contributed by atoms with E-state index in [1.165, 1.54) is 0 Å². The number of rotatable bonds is 5. The van der Waals surface area contributed by atoms with Crippen molar-refractivity contribution in [1.82, 2.24) is 0 Å². The SMILES string of the molecule is COCC(Nc1ccc2c(c1)NC(=O)CO2)C(C)C. The number of carbonyl (C=O) groups is 1. The first-order valence-corrected chi connectivity index (χ1v) is 6.42. The van der Waals surface area contributed by atoms with E-state index in [9.17, 15) is 4.79 Å². The second-order valence-corrected chi connectivity index (χ2v) is 5.00. The molecule has 0 aromatic heterocycles. The smallest absolute Gasteiger partial charge is 0.262 e. The predicted molar refractivity (Wildman–Crippen MR) is 74.7 cm³/mol. The van der Waals surface area contributed by atoms with Crippen molar-refractivity contribution < 1.29 is 14.3 Å². The molecule has 0 spiro atoms. The van der Waals surface area contributed by atoms with Gasteiger partial charge in [0.15, 0.2) is 6.61 Å². The number of hydrogen-bond donors (Lipinski definition) is 2. The molecule has 2 rings (SSSR count). The number of amides is 1. The van der Waals surface area contributed by atoms with Crippen LogP contribution >= 0.6 is 0 Å². The van der Waals surface area contributed by atoms with Gasteiger partial charge in [0.2, 0.25) is 0 Å². The summed E-state index contributed by atoms with van der Waals surface area (Å²) < 4.78 is 10.5. The average Bonchev–Trinajstić information content (AvgIpc) is 2.37. The van der Waals surface area contributed by atoms with Crippen LogP contribution in [0.4, 0.5) is 11.4 Å². The monoisotopic (exact) mass is 264 g/mol. The Morgan fingerprint density at radius 1 is 1.47 bits per heavy atom. The first-order valence-electron chi connectivity index (χ1n) is 6.42. The summed E-state index contributed by atoms with van der Waals surface area (Å²) in [5, 5.41) is 6.21. The topological polar surface area (TPSA) is 59.6 Å². The summed E-state index contributed by atoms with van der Waals surface area (Å²) in [4.78, 5) is 11.3. The van der Waals surface area contributed by atoms with Crippen LogP contribution in [0, 0.1) is 5.92 Å². The second kappa shape index (κ2) is 5.93. The number of nitrogens with one attached hydrogen (secondary N) is 2. The molecule has 19 heavy (non-hydrogen) atoms. The molecule has 1 aliphatic rings. The van der Waals surface area contributed by atoms with Gasteiger partial charge in [0.05, 0.1) is 18.3 Å². The van der Waals surface area contributed by atoms with Crippen LogP contribution in [0.3, 0.4) is 0 Å². The lowest BCUT2D eigenvalue weighted by molar-refractivity contribution is -0.118. The molecule has 5 nitrogen and oxygen atoms in total. The fraction of sp³-hybridized carbons (Fsp3) is 0.500. The van der Waals surface area contributed by atoms with E-state index in [1.807, 2.05) is 18.2 Å². The Morgan fingerprint density at radius 2 is 2.26 bits per heavy atom. The zero-order chi connectivity index (χ0) is 13.8. The third-order valence-corrected chi connectivity index (χ3v) is 3.12. The molecule has 1 aromatic carbocycles. The van der Waals surface area contributed by atoms with Crippen molar-refractivity contribution in [2.75, 3.05) is 31.0 Å². The Morgan fingerprint density at radius 3 is 2.95 bits per heavy atom. The molecule has 0 aliphatic carbocycles. The third kappa shape index (κ3) is 3.38. The number of hydrogen-bond acceptors (Lipinski definition) is 4. The van der Waals surface area contributed by atoms with E-state index < -0.39 is 0 Å². The average molecular weight is 264 g/mol. The molecule has 2 N–H and O–H groups in total. The highest BCUT2D eigenvalue weighted by Gasteiger charge is 2.18. The quantitative estimate of drug-likeness (QED) is 0.855. The summed E-state index contributed by atoms with van der Waals surface area (Å²) >= 11 is 0. The highest BCUT2D eigenvalue weighted by atomic mass is 16.5. The Hall–Kier alpha value is -1.75. The summed E-state index contributed by atoms with van der Waals surface area (Å²) in [6.07, 6.45) is 0. The summed E-state index contributed by atoms with van der Waals surface area (Å²) in [6.45, 7) is 5.00. The van der Waals surface area contributed by atoms with Crippen LogP contribution in [0.2, 0.25) is 0 Å². The van der Waals surface area contributed by atoms with Crippen molar-refractivity contribution >= 4 is 17.3 Å². The lowest BCUT2D eigenvalue weighted by atomic mass is 10.0. The van der Waals surface area contributed by atoms with Gasteiger partial charge in [0, 0.05) is 12.8 Å². The fourth-order valence-corrected chi connectivity index (χ4v) is 1.97. The van der Waals surface area contributed by atoms with Crippen molar-refractivity contribution in [3.8, 4) is 5.75 Å². The van der Waals surface area contributed by atoms with E-state index in [-0.39, 0.29) is 18.6 Å². The van der Waals surface area contributed by atoms with E-state index in [2.05, 4.69) is 24.5 Å². The Balaban J connectivity index is 2.12. The lowest BCUT2D eigenvalue weighted by Gasteiger charge is -2.24. The van der Waals surface area contributed by atoms with E-state index >= 15 is 0 Å². The van der Waals surface area contributed by atoms with Crippen LogP contribution in [0.1, 0.15) is 13.8 Å². The molecule has 0 saturated heterocycles. The summed E-state index contributed by atoms with van der Waals surface area (Å²) in [5.74, 6) is 1.03. The first kappa shape index (κ1) is 13.7. The van der Waals surface area contributed by atoms with Crippen LogP contribution in [0.25, 0.3) is 0 Å². The predicted octanol–water partition coefficient (Wildman–Crippen LogP) is 2.10. The Kier molecular flexibility index (Phi) is 4.27. The van der Waals surface area contributed by atoms with E-state index in [0.29, 0.717) is 24.0 Å². The molecule has 0 fully saturated rings. The van der Waals surface area contributed by atoms with Crippen molar-refractivity contribution in [2.45, 2.75) is 19.9 Å². The van der Waals surface area contributed by atoms with E-state index in [1.54, 1.807) is 7.11 Å². The maximum absolute atomic E-state index is 11.3. The van der Waals surface area contributed by atoms with Crippen molar-refractivity contribution in [2.24, 2.45) is 5.92 Å². The highest BCUT2D eigenvalue weighted by Crippen LogP contribution is 2.30. The standard InChI is InChI=1S/C14H20N2O3/c1-9(2)12(7-18-3)15-10-4-5-13-11(6-10)16-14(17)8-19-13/h4-6,9,12,15H,7-8H2,1-3H3,(H,16,17). The lowest BCUT2D eigenvalue weighted by Crippen LogP contribution is -2.30. The second-order valence-electron chi connectivity index (χ2n) is 5.00. The minimum absolute atomic E-state index is 0.0814. The van der Waals surface area contributed by atoms with Crippen LogP contribution in [0.15, 0.2) is 18.2 Å². The first-order chi connectivity index (χ1) is 9.10. The highest BCUT2D eigenvalue weighted by molar-refractivity contribution is 5.96. The Bertz CT molecular complexity index is 460. The maximum Gasteiger partial charge on any atom is 0.262 e. The van der Waals surface area contributed by atoms with E-state index in [4.69, 9.17) is 9.47 Å². The van der Waals surface area contributed by atoms with Crippen LogP contribution in [-0.4, -0.2) is 32.3 Å². The van der Waals surface area contributed by atoms with Crippen LogP contribution in [0.5, 0.6) is 5.75 Å². The fourth-order valence-electron chi connectivity index (χ4n) is 1.97. The number of ether oxygens (including phenoxy) is 2. The van der Waals surface area contributed by atoms with Crippen molar-refractivity contribution in [1.29, 1.82) is 0 Å². The molecule has 0 saturated carbocycles. The van der Waals surface area contributed by atoms with Gasteiger partial charge >= 0.3 is 0 Å². The van der Waals surface area contributed by atoms with Gasteiger partial charge in [-0.25, -0.2) is 0 Å². The number of fused-ring (bicyclic) bond motifs is 1. The normalized spacial score (nSPS) is 15.5. The largest absolute Gasteiger partial charge is 0.482 e. The van der Waals surface area contributed by atoms with Gasteiger partial charge in [-0.05, 0) is 24.1 Å². The molecular formula is C14H20N2O3. The number of methoxy groups -OCH3 is 1. The molecule has 1 aromatic rings. The van der Waals surface area contributed by atoms with Gasteiger partial charge in [0.25, 0.3) is 5.91 Å². The number of carbonyl (C=O) groups excluding carboxylic acids is 1. The molecular weight excluding hydrogens is 244 g/mol. The molecule has 1 aliphatic heterocycles. The summed E-state index contributed by atoms with van der Waals surface area (Å²) in [5.41, 5.74) is 1.65. The minimum Gasteiger partial charge on any atom is -0.482 e. The molecule has 1 unspecified atom stereocenters.